The average molecular weight is 298 g/mol. The van der Waals surface area contributed by atoms with Crippen LogP contribution in [0.3, 0.4) is 0 Å². The molecule has 0 atom stereocenters. The van der Waals surface area contributed by atoms with Crippen LogP contribution >= 0.6 is 23.2 Å². The number of benzene rings is 1. The van der Waals surface area contributed by atoms with Crippen molar-refractivity contribution >= 4 is 29.0 Å². The third-order valence-corrected chi connectivity index (χ3v) is 3.60. The molecule has 2 rings (SSSR count). The van der Waals surface area contributed by atoms with Crippen LogP contribution < -0.4 is 5.73 Å². The highest BCUT2D eigenvalue weighted by molar-refractivity contribution is 6.35. The Hall–Kier alpha value is -1.19. The Balaban J connectivity index is 2.66. The first-order chi connectivity index (χ1) is 8.95. The van der Waals surface area contributed by atoms with Gasteiger partial charge in [0.2, 0.25) is 0 Å². The molecule has 0 bridgehead atoms. The van der Waals surface area contributed by atoms with Crippen LogP contribution in [0.5, 0.6) is 0 Å². The van der Waals surface area contributed by atoms with E-state index in [0.717, 1.165) is 17.8 Å². The van der Waals surface area contributed by atoms with Gasteiger partial charge in [0.25, 0.3) is 0 Å². The summed E-state index contributed by atoms with van der Waals surface area (Å²) in [6.07, 6.45) is 0.820. The first-order valence-corrected chi connectivity index (χ1v) is 7.03. The molecule has 0 amide bonds. The van der Waals surface area contributed by atoms with Crippen molar-refractivity contribution in [2.75, 3.05) is 5.73 Å². The molecule has 0 fully saturated rings. The second kappa shape index (κ2) is 5.43. The molecule has 0 unspecified atom stereocenters. The highest BCUT2D eigenvalue weighted by Gasteiger charge is 2.18. The fourth-order valence-electron chi connectivity index (χ4n) is 2.20. The lowest BCUT2D eigenvalue weighted by Crippen LogP contribution is -2.08. The van der Waals surface area contributed by atoms with Crippen LogP contribution in [0.1, 0.15) is 32.6 Å². The third-order valence-electron chi connectivity index (χ3n) is 3.04. The van der Waals surface area contributed by atoms with Crippen LogP contribution in [0, 0.1) is 0 Å². The number of imidazole rings is 1. The summed E-state index contributed by atoms with van der Waals surface area (Å²) in [7, 11) is 0. The van der Waals surface area contributed by atoms with Gasteiger partial charge in [-0.1, -0.05) is 30.1 Å². The number of nitrogens with two attached hydrogens (primary N) is 1. The number of nitrogens with zero attached hydrogens (tertiary/aromatic N) is 2. The van der Waals surface area contributed by atoms with E-state index in [1.165, 1.54) is 0 Å². The number of anilines is 1. The Morgan fingerprint density at radius 2 is 2.00 bits per heavy atom. The molecule has 1 aromatic carbocycles. The summed E-state index contributed by atoms with van der Waals surface area (Å²) in [4.78, 5) is 4.62. The third kappa shape index (κ3) is 2.58. The molecule has 0 spiro atoms. The fraction of sp³-hybridized carbons (Fsp3) is 0.357. The van der Waals surface area contributed by atoms with Gasteiger partial charge >= 0.3 is 0 Å². The van der Waals surface area contributed by atoms with Gasteiger partial charge in [0, 0.05) is 23.0 Å². The maximum absolute atomic E-state index is 6.23. The molecular weight excluding hydrogens is 281 g/mol. The molecule has 2 aromatic rings. The summed E-state index contributed by atoms with van der Waals surface area (Å²) in [5, 5.41) is 1.23. The molecule has 1 heterocycles. The zero-order chi connectivity index (χ0) is 14.2. The molecule has 0 aliphatic carbocycles. The van der Waals surface area contributed by atoms with Gasteiger partial charge in [-0.3, -0.25) is 0 Å². The van der Waals surface area contributed by atoms with E-state index in [2.05, 4.69) is 25.8 Å². The summed E-state index contributed by atoms with van der Waals surface area (Å²) < 4.78 is 2.03. The van der Waals surface area contributed by atoms with Crippen LogP contribution in [-0.2, 0) is 6.42 Å². The number of rotatable bonds is 3. The standard InChI is InChI=1S/C14H17Cl2N3/c1-4-12-18-13(14(17)19(12)8(2)3)10-7-9(15)5-6-11(10)16/h5-8H,4,17H2,1-3H3. The summed E-state index contributed by atoms with van der Waals surface area (Å²) in [6, 6.07) is 5.57. The molecule has 0 aliphatic heterocycles. The van der Waals surface area contributed by atoms with Crippen molar-refractivity contribution in [1.29, 1.82) is 0 Å². The van der Waals surface area contributed by atoms with Crippen LogP contribution in [-0.4, -0.2) is 9.55 Å². The largest absolute Gasteiger partial charge is 0.383 e. The van der Waals surface area contributed by atoms with E-state index in [-0.39, 0.29) is 6.04 Å². The number of halogens is 2. The molecule has 0 radical (unpaired) electrons. The minimum atomic E-state index is 0.258. The molecule has 2 N–H and O–H groups in total. The Labute approximate surface area is 123 Å². The van der Waals surface area contributed by atoms with Crippen LogP contribution in [0.25, 0.3) is 11.3 Å². The maximum atomic E-state index is 6.23. The topological polar surface area (TPSA) is 43.8 Å². The van der Waals surface area contributed by atoms with Gasteiger partial charge in [0.05, 0.1) is 5.02 Å². The van der Waals surface area contributed by atoms with E-state index in [9.17, 15) is 0 Å². The van der Waals surface area contributed by atoms with Gasteiger partial charge in [0.1, 0.15) is 17.3 Å². The lowest BCUT2D eigenvalue weighted by atomic mass is 10.1. The van der Waals surface area contributed by atoms with Gasteiger partial charge in [0.15, 0.2) is 0 Å². The van der Waals surface area contributed by atoms with E-state index in [1.807, 2.05) is 4.57 Å². The quantitative estimate of drug-likeness (QED) is 0.901. The van der Waals surface area contributed by atoms with Gasteiger partial charge in [-0.05, 0) is 32.0 Å². The number of hydrogen-bond acceptors (Lipinski definition) is 2. The average Bonchev–Trinajstić information content (AvgIpc) is 2.69. The molecule has 3 nitrogen and oxygen atoms in total. The molecule has 0 aliphatic rings. The SMILES string of the molecule is CCc1nc(-c2cc(Cl)ccc2Cl)c(N)n1C(C)C. The molecular formula is C14H17Cl2N3. The lowest BCUT2D eigenvalue weighted by molar-refractivity contribution is 0.579. The molecule has 5 heteroatoms. The van der Waals surface area contributed by atoms with Crippen molar-refractivity contribution in [3.63, 3.8) is 0 Å². The highest BCUT2D eigenvalue weighted by atomic mass is 35.5. The Bertz CT molecular complexity index is 603. The van der Waals surface area contributed by atoms with Crippen molar-refractivity contribution in [2.24, 2.45) is 0 Å². The zero-order valence-corrected chi connectivity index (χ0v) is 12.8. The second-order valence-corrected chi connectivity index (χ2v) is 5.55. The van der Waals surface area contributed by atoms with Crippen molar-refractivity contribution in [3.05, 3.63) is 34.1 Å². The number of hydrogen-bond donors (Lipinski definition) is 1. The van der Waals surface area contributed by atoms with Crippen LogP contribution in [0.2, 0.25) is 10.0 Å². The lowest BCUT2D eigenvalue weighted by Gasteiger charge is -2.12. The van der Waals surface area contributed by atoms with Gasteiger partial charge in [-0.2, -0.15) is 0 Å². The normalized spacial score (nSPS) is 11.3. The number of nitrogen functional groups attached to an aromatic ring is 1. The van der Waals surface area contributed by atoms with Crippen molar-refractivity contribution in [3.8, 4) is 11.3 Å². The van der Waals surface area contributed by atoms with Gasteiger partial charge in [-0.25, -0.2) is 4.98 Å². The summed E-state index contributed by atoms with van der Waals surface area (Å²) in [5.74, 6) is 1.59. The summed E-state index contributed by atoms with van der Waals surface area (Å²) >= 11 is 12.3. The van der Waals surface area contributed by atoms with Crippen molar-refractivity contribution in [2.45, 2.75) is 33.2 Å². The van der Waals surface area contributed by atoms with Crippen molar-refractivity contribution < 1.29 is 0 Å². The first-order valence-electron chi connectivity index (χ1n) is 6.27. The number of aromatic nitrogens is 2. The number of aryl methyl sites for hydroxylation is 1. The second-order valence-electron chi connectivity index (χ2n) is 4.70. The molecule has 0 saturated carbocycles. The predicted molar refractivity (Wildman–Crippen MR) is 81.9 cm³/mol. The molecule has 1 aromatic heterocycles. The van der Waals surface area contributed by atoms with E-state index in [0.29, 0.717) is 21.6 Å². The fourth-order valence-corrected chi connectivity index (χ4v) is 2.58. The highest BCUT2D eigenvalue weighted by Crippen LogP contribution is 2.35. The summed E-state index contributed by atoms with van der Waals surface area (Å²) in [6.45, 7) is 6.23. The molecule has 102 valence electrons. The maximum Gasteiger partial charge on any atom is 0.132 e. The van der Waals surface area contributed by atoms with Gasteiger partial charge < -0.3 is 10.3 Å². The first kappa shape index (κ1) is 14.2. The van der Waals surface area contributed by atoms with E-state index < -0.39 is 0 Å². The Kier molecular flexibility index (Phi) is 4.07. The van der Waals surface area contributed by atoms with E-state index in [4.69, 9.17) is 28.9 Å². The minimum absolute atomic E-state index is 0.258. The monoisotopic (exact) mass is 297 g/mol. The van der Waals surface area contributed by atoms with E-state index in [1.54, 1.807) is 18.2 Å². The van der Waals surface area contributed by atoms with Crippen LogP contribution in [0.15, 0.2) is 18.2 Å². The van der Waals surface area contributed by atoms with E-state index >= 15 is 0 Å². The predicted octanol–water partition coefficient (Wildman–Crippen LogP) is 4.58. The Morgan fingerprint density at radius 1 is 1.32 bits per heavy atom. The molecule has 19 heavy (non-hydrogen) atoms. The van der Waals surface area contributed by atoms with Gasteiger partial charge in [-0.15, -0.1) is 0 Å². The molecule has 0 saturated heterocycles. The Morgan fingerprint density at radius 3 is 2.53 bits per heavy atom. The smallest absolute Gasteiger partial charge is 0.132 e. The van der Waals surface area contributed by atoms with Crippen LogP contribution in [0.4, 0.5) is 5.82 Å². The zero-order valence-electron chi connectivity index (χ0n) is 11.2. The summed E-state index contributed by atoms with van der Waals surface area (Å²) in [5.41, 5.74) is 7.72. The van der Waals surface area contributed by atoms with Crippen molar-refractivity contribution in [1.82, 2.24) is 9.55 Å². The minimum Gasteiger partial charge on any atom is -0.383 e.